The normalized spacial score (nSPS) is 15.8. The molecule has 6 nitrogen and oxygen atoms in total. The highest BCUT2D eigenvalue weighted by atomic mass is 79.9. The number of hydrogen-bond donors (Lipinski definition) is 1. The summed E-state index contributed by atoms with van der Waals surface area (Å²) in [5, 5.41) is 0. The fourth-order valence-electron chi connectivity index (χ4n) is 3.60. The number of imidazole rings is 1. The monoisotopic (exact) mass is 462 g/mol. The Bertz CT molecular complexity index is 1060. The Hall–Kier alpha value is -1.90. The highest BCUT2D eigenvalue weighted by molar-refractivity contribution is 9.10. The fraction of sp³-hybridized carbons (Fsp3) is 0.350. The van der Waals surface area contributed by atoms with Gasteiger partial charge in [0.1, 0.15) is 0 Å². The Kier molecular flexibility index (Phi) is 5.70. The van der Waals surface area contributed by atoms with Crippen molar-refractivity contribution in [1.29, 1.82) is 0 Å². The van der Waals surface area contributed by atoms with Gasteiger partial charge in [0.05, 0.1) is 15.9 Å². The van der Waals surface area contributed by atoms with Crippen molar-refractivity contribution in [3.63, 3.8) is 0 Å². The van der Waals surface area contributed by atoms with Crippen LogP contribution in [0.25, 0.3) is 11.0 Å². The number of fused-ring (bicyclic) bond motifs is 1. The van der Waals surface area contributed by atoms with Gasteiger partial charge in [-0.15, -0.1) is 0 Å². The second kappa shape index (κ2) is 8.23. The number of benzene rings is 2. The van der Waals surface area contributed by atoms with Crippen LogP contribution in [0.4, 0.5) is 5.95 Å². The van der Waals surface area contributed by atoms with Crippen LogP contribution in [0.2, 0.25) is 0 Å². The molecule has 0 bridgehead atoms. The van der Waals surface area contributed by atoms with Crippen LogP contribution in [0.5, 0.6) is 0 Å². The van der Waals surface area contributed by atoms with Crippen molar-refractivity contribution in [3.8, 4) is 0 Å². The highest BCUT2D eigenvalue weighted by Gasteiger charge is 2.20. The number of rotatable bonds is 6. The van der Waals surface area contributed by atoms with Gasteiger partial charge in [-0.25, -0.2) is 18.1 Å². The van der Waals surface area contributed by atoms with Gasteiger partial charge in [-0.05, 0) is 62.3 Å². The van der Waals surface area contributed by atoms with E-state index in [9.17, 15) is 8.42 Å². The molecular formula is C20H23BrN4O2S. The van der Waals surface area contributed by atoms with E-state index in [4.69, 9.17) is 0 Å². The van der Waals surface area contributed by atoms with Crippen molar-refractivity contribution in [2.24, 2.45) is 0 Å². The largest absolute Gasteiger partial charge is 0.308 e. The van der Waals surface area contributed by atoms with Gasteiger partial charge in [0, 0.05) is 17.6 Å². The van der Waals surface area contributed by atoms with E-state index >= 15 is 0 Å². The zero-order chi connectivity index (χ0) is 19.6. The predicted molar refractivity (Wildman–Crippen MR) is 115 cm³/mol. The summed E-state index contributed by atoms with van der Waals surface area (Å²) >= 11 is 3.34. The molecule has 2 aromatic carbocycles. The third-order valence-electron chi connectivity index (χ3n) is 5.09. The number of likely N-dealkylation sites (tertiary alicyclic amines) is 1. The lowest BCUT2D eigenvalue weighted by molar-refractivity contribution is 0.222. The van der Waals surface area contributed by atoms with Crippen molar-refractivity contribution in [2.45, 2.75) is 30.7 Å². The van der Waals surface area contributed by atoms with E-state index < -0.39 is 10.0 Å². The lowest BCUT2D eigenvalue weighted by Crippen LogP contribution is -2.32. The van der Waals surface area contributed by atoms with Gasteiger partial charge in [-0.3, -0.25) is 0 Å². The number of para-hydroxylation sites is 2. The maximum Gasteiger partial charge on any atom is 0.264 e. The topological polar surface area (TPSA) is 67.2 Å². The maximum absolute atomic E-state index is 12.9. The van der Waals surface area contributed by atoms with E-state index in [1.165, 1.54) is 19.3 Å². The molecule has 0 aliphatic carbocycles. The smallest absolute Gasteiger partial charge is 0.264 e. The lowest BCUT2D eigenvalue weighted by atomic mass is 10.1. The average Bonchev–Trinajstić information content (AvgIpc) is 3.04. The summed E-state index contributed by atoms with van der Waals surface area (Å²) in [7, 11) is -3.71. The minimum atomic E-state index is -3.71. The third-order valence-corrected chi connectivity index (χ3v) is 6.97. The first-order chi connectivity index (χ1) is 13.5. The summed E-state index contributed by atoms with van der Waals surface area (Å²) in [6.45, 7) is 3.78. The average molecular weight is 463 g/mol. The summed E-state index contributed by atoms with van der Waals surface area (Å²) in [5.74, 6) is 0.362. The van der Waals surface area contributed by atoms with Crippen LogP contribution in [-0.2, 0) is 16.6 Å². The van der Waals surface area contributed by atoms with Crippen LogP contribution < -0.4 is 4.72 Å². The van der Waals surface area contributed by atoms with Crippen molar-refractivity contribution in [1.82, 2.24) is 14.5 Å². The molecule has 3 aromatic rings. The van der Waals surface area contributed by atoms with Crippen LogP contribution in [0.3, 0.4) is 0 Å². The molecule has 0 saturated carbocycles. The van der Waals surface area contributed by atoms with E-state index in [0.717, 1.165) is 35.1 Å². The minimum Gasteiger partial charge on any atom is -0.308 e. The van der Waals surface area contributed by atoms with Crippen molar-refractivity contribution in [2.75, 3.05) is 24.4 Å². The number of sulfonamides is 1. The highest BCUT2D eigenvalue weighted by Crippen LogP contribution is 2.23. The molecule has 4 rings (SSSR count). The Morgan fingerprint density at radius 3 is 2.43 bits per heavy atom. The molecule has 0 radical (unpaired) electrons. The van der Waals surface area contributed by atoms with Crippen molar-refractivity contribution in [3.05, 3.63) is 53.0 Å². The van der Waals surface area contributed by atoms with E-state index in [2.05, 4.69) is 30.5 Å². The number of halogens is 1. The number of nitrogens with zero attached hydrogens (tertiary/aromatic N) is 3. The van der Waals surface area contributed by atoms with Crippen molar-refractivity contribution >= 4 is 42.9 Å². The molecule has 0 atom stereocenters. The van der Waals surface area contributed by atoms with Gasteiger partial charge < -0.3 is 9.47 Å². The molecule has 0 unspecified atom stereocenters. The molecule has 1 N–H and O–H groups in total. The second-order valence-corrected chi connectivity index (χ2v) is 9.64. The molecule has 8 heteroatoms. The molecule has 0 amide bonds. The maximum atomic E-state index is 12.9. The van der Waals surface area contributed by atoms with Crippen LogP contribution in [0.1, 0.15) is 19.3 Å². The SMILES string of the molecule is O=S(=O)(Nc1nc2ccccc2n1CCN1CCCCC1)c1ccc(Br)cc1. The quantitative estimate of drug-likeness (QED) is 0.598. The number of anilines is 1. The summed E-state index contributed by atoms with van der Waals surface area (Å²) < 4.78 is 31.2. The van der Waals surface area contributed by atoms with E-state index in [1.54, 1.807) is 24.3 Å². The van der Waals surface area contributed by atoms with Gasteiger partial charge in [0.25, 0.3) is 10.0 Å². The Morgan fingerprint density at radius 1 is 0.964 bits per heavy atom. The summed E-state index contributed by atoms with van der Waals surface area (Å²) in [6, 6.07) is 14.3. The van der Waals surface area contributed by atoms with Gasteiger partial charge in [0.2, 0.25) is 5.95 Å². The first kappa shape index (κ1) is 19.4. The summed E-state index contributed by atoms with van der Waals surface area (Å²) in [6.07, 6.45) is 3.75. The molecule has 148 valence electrons. The molecule has 0 spiro atoms. The molecule has 1 fully saturated rings. The fourth-order valence-corrected chi connectivity index (χ4v) is 4.87. The lowest BCUT2D eigenvalue weighted by Gasteiger charge is -2.26. The number of nitrogens with one attached hydrogen (secondary N) is 1. The van der Waals surface area contributed by atoms with Crippen molar-refractivity contribution < 1.29 is 8.42 Å². The molecule has 1 saturated heterocycles. The molecule has 28 heavy (non-hydrogen) atoms. The molecular weight excluding hydrogens is 440 g/mol. The van der Waals surface area contributed by atoms with Crippen LogP contribution in [-0.4, -0.2) is 42.5 Å². The second-order valence-electron chi connectivity index (χ2n) is 7.04. The van der Waals surface area contributed by atoms with Crippen LogP contribution in [0.15, 0.2) is 57.9 Å². The van der Waals surface area contributed by atoms with E-state index in [0.29, 0.717) is 12.5 Å². The van der Waals surface area contributed by atoms with Gasteiger partial charge in [0.15, 0.2) is 0 Å². The number of aromatic nitrogens is 2. The zero-order valence-corrected chi connectivity index (χ0v) is 17.9. The Labute approximate surface area is 173 Å². The number of piperidine rings is 1. The number of hydrogen-bond acceptors (Lipinski definition) is 4. The summed E-state index contributed by atoms with van der Waals surface area (Å²) in [4.78, 5) is 7.20. The standard InChI is InChI=1S/C20H23BrN4O2S/c21-16-8-10-17(11-9-16)28(26,27)23-20-22-18-6-2-3-7-19(18)25(20)15-14-24-12-4-1-5-13-24/h2-3,6-11H,1,4-5,12-15H2,(H,22,23). The first-order valence-electron chi connectivity index (χ1n) is 9.49. The molecule has 2 heterocycles. The first-order valence-corrected chi connectivity index (χ1v) is 11.8. The Morgan fingerprint density at radius 2 is 1.68 bits per heavy atom. The minimum absolute atomic E-state index is 0.213. The van der Waals surface area contributed by atoms with Gasteiger partial charge >= 0.3 is 0 Å². The summed E-state index contributed by atoms with van der Waals surface area (Å²) in [5.41, 5.74) is 1.72. The van der Waals surface area contributed by atoms with Crippen LogP contribution in [0, 0.1) is 0 Å². The molecule has 1 aromatic heterocycles. The van der Waals surface area contributed by atoms with Gasteiger partial charge in [-0.1, -0.05) is 34.5 Å². The van der Waals surface area contributed by atoms with E-state index in [1.807, 2.05) is 28.8 Å². The molecule has 1 aliphatic heterocycles. The van der Waals surface area contributed by atoms with Crippen LogP contribution >= 0.6 is 15.9 Å². The van der Waals surface area contributed by atoms with E-state index in [-0.39, 0.29) is 4.90 Å². The predicted octanol–water partition coefficient (Wildman–Crippen LogP) is 4.09. The van der Waals surface area contributed by atoms with Gasteiger partial charge in [-0.2, -0.15) is 0 Å². The zero-order valence-electron chi connectivity index (χ0n) is 15.5. The molecule has 1 aliphatic rings. The Balaban J connectivity index is 1.63. The third kappa shape index (κ3) is 4.24.